The molecule has 0 radical (unpaired) electrons. The Labute approximate surface area is 111 Å². The minimum Gasteiger partial charge on any atom is -0.351 e. The molecule has 0 unspecified atom stereocenters. The van der Waals surface area contributed by atoms with Crippen LogP contribution in [0.3, 0.4) is 0 Å². The van der Waals surface area contributed by atoms with Gasteiger partial charge in [-0.1, -0.05) is 6.92 Å². The van der Waals surface area contributed by atoms with Gasteiger partial charge in [0.2, 0.25) is 5.91 Å². The van der Waals surface area contributed by atoms with E-state index in [1.54, 1.807) is 0 Å². The van der Waals surface area contributed by atoms with E-state index in [2.05, 4.69) is 16.0 Å². The summed E-state index contributed by atoms with van der Waals surface area (Å²) in [4.78, 5) is 22.7. The average Bonchev–Trinajstić information content (AvgIpc) is 2.36. The highest BCUT2D eigenvalue weighted by Gasteiger charge is 2.12. The predicted octanol–water partition coefficient (Wildman–Crippen LogP) is 1.12. The summed E-state index contributed by atoms with van der Waals surface area (Å²) in [6.07, 6.45) is 0. The largest absolute Gasteiger partial charge is 0.351 e. The molecule has 0 bridgehead atoms. The third-order valence-corrected chi connectivity index (χ3v) is 2.37. The van der Waals surface area contributed by atoms with Gasteiger partial charge in [-0.2, -0.15) is 0 Å². The molecule has 0 saturated carbocycles. The van der Waals surface area contributed by atoms with Crippen LogP contribution in [0.5, 0.6) is 0 Å². The van der Waals surface area contributed by atoms with Crippen molar-refractivity contribution >= 4 is 17.5 Å². The minimum absolute atomic E-state index is 0.0808. The maximum atomic E-state index is 13.5. The van der Waals surface area contributed by atoms with Gasteiger partial charge in [0.1, 0.15) is 5.82 Å². The van der Waals surface area contributed by atoms with Crippen LogP contribution >= 0.6 is 0 Å². The summed E-state index contributed by atoms with van der Waals surface area (Å²) in [5.41, 5.74) is 0.313. The Morgan fingerprint density at radius 2 is 2.00 bits per heavy atom. The number of halogens is 1. The Kier molecular flexibility index (Phi) is 5.95. The van der Waals surface area contributed by atoms with Crippen molar-refractivity contribution in [3.8, 4) is 0 Å². The minimum atomic E-state index is -0.616. The van der Waals surface area contributed by atoms with Gasteiger partial charge in [0.05, 0.1) is 5.56 Å². The van der Waals surface area contributed by atoms with Crippen LogP contribution < -0.4 is 16.0 Å². The van der Waals surface area contributed by atoms with Gasteiger partial charge in [-0.25, -0.2) is 4.39 Å². The number of hydrogen-bond donors (Lipinski definition) is 3. The van der Waals surface area contributed by atoms with Crippen LogP contribution in [0.1, 0.15) is 24.2 Å². The normalized spacial score (nSPS) is 10.1. The van der Waals surface area contributed by atoms with Crippen LogP contribution in [0.4, 0.5) is 10.1 Å². The van der Waals surface area contributed by atoms with E-state index in [1.807, 2.05) is 6.92 Å². The van der Waals surface area contributed by atoms with Gasteiger partial charge in [0, 0.05) is 25.7 Å². The van der Waals surface area contributed by atoms with Crippen molar-refractivity contribution < 1.29 is 14.0 Å². The molecule has 0 aliphatic heterocycles. The first-order valence-electron chi connectivity index (χ1n) is 6.10. The Balaban J connectivity index is 2.69. The lowest BCUT2D eigenvalue weighted by Gasteiger charge is -2.08. The van der Waals surface area contributed by atoms with E-state index in [0.29, 0.717) is 18.8 Å². The highest BCUT2D eigenvalue weighted by atomic mass is 19.1. The third-order valence-electron chi connectivity index (χ3n) is 2.37. The van der Waals surface area contributed by atoms with Gasteiger partial charge in [-0.05, 0) is 24.7 Å². The average molecular weight is 267 g/mol. The van der Waals surface area contributed by atoms with Crippen LogP contribution in [-0.4, -0.2) is 31.4 Å². The molecule has 0 saturated heterocycles. The summed E-state index contributed by atoms with van der Waals surface area (Å²) >= 11 is 0. The Bertz CT molecular complexity index is 463. The molecule has 0 aromatic heterocycles. The maximum Gasteiger partial charge on any atom is 0.254 e. The summed E-state index contributed by atoms with van der Waals surface area (Å²) in [6, 6.07) is 3.88. The first-order chi connectivity index (χ1) is 9.04. The van der Waals surface area contributed by atoms with E-state index in [0.717, 1.165) is 12.6 Å². The number of amides is 2. The molecular weight excluding hydrogens is 249 g/mol. The molecule has 1 aromatic rings. The topological polar surface area (TPSA) is 70.2 Å². The molecule has 3 N–H and O–H groups in total. The second-order valence-corrected chi connectivity index (χ2v) is 3.99. The lowest BCUT2D eigenvalue weighted by atomic mass is 10.1. The molecule has 0 aliphatic rings. The molecule has 0 aliphatic carbocycles. The number of hydrogen-bond acceptors (Lipinski definition) is 3. The van der Waals surface area contributed by atoms with Crippen LogP contribution in [0, 0.1) is 5.82 Å². The van der Waals surface area contributed by atoms with E-state index in [9.17, 15) is 14.0 Å². The van der Waals surface area contributed by atoms with Crippen LogP contribution in [0.15, 0.2) is 18.2 Å². The summed E-state index contributed by atoms with van der Waals surface area (Å²) < 4.78 is 13.5. The Morgan fingerprint density at radius 1 is 1.26 bits per heavy atom. The predicted molar refractivity (Wildman–Crippen MR) is 71.6 cm³/mol. The molecule has 1 rings (SSSR count). The second kappa shape index (κ2) is 7.48. The van der Waals surface area contributed by atoms with E-state index in [4.69, 9.17) is 0 Å². The highest BCUT2D eigenvalue weighted by Crippen LogP contribution is 2.14. The Morgan fingerprint density at radius 3 is 2.63 bits per heavy atom. The zero-order chi connectivity index (χ0) is 14.3. The van der Waals surface area contributed by atoms with Crippen LogP contribution in [-0.2, 0) is 4.79 Å². The summed E-state index contributed by atoms with van der Waals surface area (Å²) in [5, 5.41) is 8.15. The van der Waals surface area contributed by atoms with E-state index >= 15 is 0 Å². The van der Waals surface area contributed by atoms with E-state index in [1.165, 1.54) is 19.1 Å². The number of anilines is 1. The first-order valence-corrected chi connectivity index (χ1v) is 6.10. The lowest BCUT2D eigenvalue weighted by molar-refractivity contribution is -0.114. The number of rotatable bonds is 6. The van der Waals surface area contributed by atoms with Crippen molar-refractivity contribution in [2.75, 3.05) is 25.0 Å². The monoisotopic (exact) mass is 267 g/mol. The fourth-order valence-corrected chi connectivity index (χ4v) is 1.52. The van der Waals surface area contributed by atoms with Gasteiger partial charge in [0.25, 0.3) is 5.91 Å². The highest BCUT2D eigenvalue weighted by molar-refractivity contribution is 5.97. The number of carbonyl (C=O) groups excluding carboxylic acids is 2. The van der Waals surface area contributed by atoms with Gasteiger partial charge in [-0.3, -0.25) is 9.59 Å². The molecule has 2 amide bonds. The molecule has 0 heterocycles. The zero-order valence-electron chi connectivity index (χ0n) is 11.0. The zero-order valence-corrected chi connectivity index (χ0v) is 11.0. The van der Waals surface area contributed by atoms with Crippen molar-refractivity contribution in [3.63, 3.8) is 0 Å². The third kappa shape index (κ3) is 5.05. The quantitative estimate of drug-likeness (QED) is 0.677. The second-order valence-electron chi connectivity index (χ2n) is 3.99. The van der Waals surface area contributed by atoms with Gasteiger partial charge >= 0.3 is 0 Å². The number of carbonyl (C=O) groups is 2. The van der Waals surface area contributed by atoms with Crippen molar-refractivity contribution in [2.24, 2.45) is 0 Å². The van der Waals surface area contributed by atoms with Crippen molar-refractivity contribution in [1.82, 2.24) is 10.6 Å². The number of benzene rings is 1. The molecular formula is C13H18FN3O2. The van der Waals surface area contributed by atoms with Crippen molar-refractivity contribution in [2.45, 2.75) is 13.8 Å². The first kappa shape index (κ1) is 15.1. The smallest absolute Gasteiger partial charge is 0.254 e. The van der Waals surface area contributed by atoms with Gasteiger partial charge in [0.15, 0.2) is 0 Å². The fraction of sp³-hybridized carbons (Fsp3) is 0.385. The standard InChI is InChI=1S/C13H18FN3O2/c1-3-15-6-7-16-13(19)11-8-10(17-9(2)18)4-5-12(11)14/h4-5,8,15H,3,6-7H2,1-2H3,(H,16,19)(H,17,18). The summed E-state index contributed by atoms with van der Waals surface area (Å²) in [5.74, 6) is -1.39. The Hall–Kier alpha value is -1.95. The molecule has 5 nitrogen and oxygen atoms in total. The van der Waals surface area contributed by atoms with E-state index < -0.39 is 11.7 Å². The maximum absolute atomic E-state index is 13.5. The van der Waals surface area contributed by atoms with Crippen LogP contribution in [0.2, 0.25) is 0 Å². The van der Waals surface area contributed by atoms with Gasteiger partial charge < -0.3 is 16.0 Å². The van der Waals surface area contributed by atoms with Crippen molar-refractivity contribution in [1.29, 1.82) is 0 Å². The molecule has 6 heteroatoms. The SMILES string of the molecule is CCNCCNC(=O)c1cc(NC(C)=O)ccc1F. The number of likely N-dealkylation sites (N-methyl/N-ethyl adjacent to an activating group) is 1. The van der Waals surface area contributed by atoms with Crippen LogP contribution in [0.25, 0.3) is 0 Å². The molecule has 0 fully saturated rings. The van der Waals surface area contributed by atoms with E-state index in [-0.39, 0.29) is 11.5 Å². The molecule has 104 valence electrons. The molecule has 0 atom stereocenters. The molecule has 19 heavy (non-hydrogen) atoms. The molecule has 0 spiro atoms. The summed E-state index contributed by atoms with van der Waals surface area (Å²) in [6.45, 7) is 5.14. The van der Waals surface area contributed by atoms with Crippen molar-refractivity contribution in [3.05, 3.63) is 29.6 Å². The number of nitrogens with one attached hydrogen (secondary N) is 3. The molecule has 1 aromatic carbocycles. The lowest BCUT2D eigenvalue weighted by Crippen LogP contribution is -2.32. The summed E-state index contributed by atoms with van der Waals surface area (Å²) in [7, 11) is 0. The fourth-order valence-electron chi connectivity index (χ4n) is 1.52. The van der Waals surface area contributed by atoms with Gasteiger partial charge in [-0.15, -0.1) is 0 Å².